The number of amides is 2. The molecule has 2 unspecified atom stereocenters. The Labute approximate surface area is 116 Å². The van der Waals surface area contributed by atoms with Gasteiger partial charge in [-0.1, -0.05) is 27.2 Å². The van der Waals surface area contributed by atoms with Gasteiger partial charge in [-0.05, 0) is 12.8 Å². The molecule has 0 bridgehead atoms. The normalized spacial score (nSPS) is 24.7. The number of hydrogen-bond donors (Lipinski definition) is 2. The molecule has 1 fully saturated rings. The van der Waals surface area contributed by atoms with Gasteiger partial charge in [0.25, 0.3) is 0 Å². The molecule has 0 spiro atoms. The number of likely N-dealkylation sites (N-methyl/N-ethyl adjacent to an activating group) is 1. The lowest BCUT2D eigenvalue weighted by atomic mass is 9.64. The summed E-state index contributed by atoms with van der Waals surface area (Å²) >= 11 is 0. The predicted octanol–water partition coefficient (Wildman–Crippen LogP) is 1.60. The van der Waals surface area contributed by atoms with E-state index in [1.807, 2.05) is 0 Å². The number of rotatable bonds is 7. The van der Waals surface area contributed by atoms with Gasteiger partial charge in [0.1, 0.15) is 0 Å². The lowest BCUT2D eigenvalue weighted by Crippen LogP contribution is -2.63. The Balaban J connectivity index is 2.36. The molecule has 0 radical (unpaired) electrons. The molecule has 1 aliphatic rings. The molecule has 0 saturated heterocycles. The molecule has 2 atom stereocenters. The molecule has 2 N–H and O–H groups in total. The van der Waals surface area contributed by atoms with Gasteiger partial charge in [-0.3, -0.25) is 0 Å². The van der Waals surface area contributed by atoms with Gasteiger partial charge in [-0.2, -0.15) is 0 Å². The van der Waals surface area contributed by atoms with Crippen LogP contribution in [0.5, 0.6) is 0 Å². The van der Waals surface area contributed by atoms with Crippen LogP contribution in [0.4, 0.5) is 4.79 Å². The first-order valence-electron chi connectivity index (χ1n) is 7.17. The first-order chi connectivity index (χ1) is 8.93. The fraction of sp³-hybridized carbons (Fsp3) is 0.929. The van der Waals surface area contributed by atoms with Crippen molar-refractivity contribution in [1.82, 2.24) is 10.2 Å². The number of aliphatic hydroxyl groups excluding tert-OH is 1. The summed E-state index contributed by atoms with van der Waals surface area (Å²) in [6, 6.07) is 0.0203. The third kappa shape index (κ3) is 4.08. The SMILES string of the molecule is CCCCOC1CC(NC(=O)N(C)CCO)C1(C)C. The molecule has 2 amide bonds. The van der Waals surface area contributed by atoms with Gasteiger partial charge in [-0.25, -0.2) is 4.79 Å². The predicted molar refractivity (Wildman–Crippen MR) is 75.1 cm³/mol. The number of urea groups is 1. The molecular formula is C14H28N2O3. The van der Waals surface area contributed by atoms with Gasteiger partial charge < -0.3 is 20.1 Å². The van der Waals surface area contributed by atoms with Crippen molar-refractivity contribution in [3.63, 3.8) is 0 Å². The molecule has 19 heavy (non-hydrogen) atoms. The summed E-state index contributed by atoms with van der Waals surface area (Å²) in [6.07, 6.45) is 3.32. The highest BCUT2D eigenvalue weighted by Gasteiger charge is 2.49. The molecule has 1 rings (SSSR count). The molecule has 0 aromatic carbocycles. The van der Waals surface area contributed by atoms with Crippen LogP contribution >= 0.6 is 0 Å². The van der Waals surface area contributed by atoms with Gasteiger partial charge in [0.05, 0.1) is 12.7 Å². The van der Waals surface area contributed by atoms with E-state index in [-0.39, 0.29) is 30.2 Å². The second-order valence-electron chi connectivity index (χ2n) is 5.92. The van der Waals surface area contributed by atoms with Crippen molar-refractivity contribution in [2.45, 2.75) is 52.2 Å². The zero-order valence-corrected chi connectivity index (χ0v) is 12.6. The van der Waals surface area contributed by atoms with Gasteiger partial charge in [0, 0.05) is 31.7 Å². The third-order valence-corrected chi connectivity index (χ3v) is 4.07. The maximum atomic E-state index is 11.9. The van der Waals surface area contributed by atoms with Crippen molar-refractivity contribution in [3.8, 4) is 0 Å². The molecule has 1 saturated carbocycles. The average molecular weight is 272 g/mol. The Morgan fingerprint density at radius 2 is 2.21 bits per heavy atom. The van der Waals surface area contributed by atoms with Gasteiger partial charge >= 0.3 is 6.03 Å². The Morgan fingerprint density at radius 1 is 1.53 bits per heavy atom. The first kappa shape index (κ1) is 16.2. The minimum Gasteiger partial charge on any atom is -0.395 e. The van der Waals surface area contributed by atoms with E-state index in [1.54, 1.807) is 7.05 Å². The highest BCUT2D eigenvalue weighted by Crippen LogP contribution is 2.42. The Bertz CT molecular complexity index is 294. The van der Waals surface area contributed by atoms with Gasteiger partial charge in [0.2, 0.25) is 0 Å². The van der Waals surface area contributed by atoms with E-state index in [4.69, 9.17) is 9.84 Å². The van der Waals surface area contributed by atoms with E-state index in [0.29, 0.717) is 6.54 Å². The van der Waals surface area contributed by atoms with Crippen LogP contribution in [0.3, 0.4) is 0 Å². The molecule has 5 heteroatoms. The number of ether oxygens (including phenoxy) is 1. The number of aliphatic hydroxyl groups is 1. The standard InChI is InChI=1S/C14H28N2O3/c1-5-6-9-19-12-10-11(14(12,2)3)15-13(18)16(4)7-8-17/h11-12,17H,5-10H2,1-4H3,(H,15,18). The zero-order chi connectivity index (χ0) is 14.5. The van der Waals surface area contributed by atoms with E-state index in [9.17, 15) is 4.79 Å². The zero-order valence-electron chi connectivity index (χ0n) is 12.6. The Morgan fingerprint density at radius 3 is 2.74 bits per heavy atom. The number of unbranched alkanes of at least 4 members (excludes halogenated alkanes) is 1. The average Bonchev–Trinajstić information content (AvgIpc) is 2.36. The minimum absolute atomic E-state index is 0.0132. The molecule has 5 nitrogen and oxygen atoms in total. The van der Waals surface area contributed by atoms with E-state index in [0.717, 1.165) is 25.9 Å². The summed E-state index contributed by atoms with van der Waals surface area (Å²) in [5, 5.41) is 11.8. The smallest absolute Gasteiger partial charge is 0.317 e. The Kier molecular flexibility index (Phi) is 6.07. The molecule has 1 aliphatic carbocycles. The number of carbonyl (C=O) groups excluding carboxylic acids is 1. The quantitative estimate of drug-likeness (QED) is 0.692. The second-order valence-corrected chi connectivity index (χ2v) is 5.92. The van der Waals surface area contributed by atoms with E-state index in [1.165, 1.54) is 4.90 Å². The fourth-order valence-corrected chi connectivity index (χ4v) is 2.29. The van der Waals surface area contributed by atoms with Crippen molar-refractivity contribution >= 4 is 6.03 Å². The number of hydrogen-bond acceptors (Lipinski definition) is 3. The maximum absolute atomic E-state index is 11.9. The van der Waals surface area contributed by atoms with Crippen LogP contribution in [0.2, 0.25) is 0 Å². The van der Waals surface area contributed by atoms with E-state index >= 15 is 0 Å². The number of carbonyl (C=O) groups is 1. The summed E-state index contributed by atoms with van der Waals surface area (Å²) in [6.45, 7) is 7.55. The highest BCUT2D eigenvalue weighted by molar-refractivity contribution is 5.74. The number of nitrogens with one attached hydrogen (secondary N) is 1. The van der Waals surface area contributed by atoms with Crippen molar-refractivity contribution in [3.05, 3.63) is 0 Å². The second kappa shape index (κ2) is 7.10. The third-order valence-electron chi connectivity index (χ3n) is 4.07. The lowest BCUT2D eigenvalue weighted by Gasteiger charge is -2.51. The van der Waals surface area contributed by atoms with Crippen molar-refractivity contribution in [2.24, 2.45) is 5.41 Å². The van der Waals surface area contributed by atoms with Gasteiger partial charge in [-0.15, -0.1) is 0 Å². The summed E-state index contributed by atoms with van der Waals surface area (Å²) < 4.78 is 5.85. The van der Waals surface area contributed by atoms with Crippen LogP contribution in [-0.2, 0) is 4.74 Å². The van der Waals surface area contributed by atoms with Crippen LogP contribution in [-0.4, -0.2) is 55.0 Å². The summed E-state index contributed by atoms with van der Waals surface area (Å²) in [4.78, 5) is 13.4. The van der Waals surface area contributed by atoms with Crippen molar-refractivity contribution in [1.29, 1.82) is 0 Å². The highest BCUT2D eigenvalue weighted by atomic mass is 16.5. The largest absolute Gasteiger partial charge is 0.395 e. The summed E-state index contributed by atoms with van der Waals surface area (Å²) in [7, 11) is 1.69. The van der Waals surface area contributed by atoms with Crippen LogP contribution in [0.1, 0.15) is 40.0 Å². The van der Waals surface area contributed by atoms with Crippen LogP contribution in [0, 0.1) is 5.41 Å². The molecule has 0 aliphatic heterocycles. The van der Waals surface area contributed by atoms with Crippen molar-refractivity contribution < 1.29 is 14.6 Å². The lowest BCUT2D eigenvalue weighted by molar-refractivity contribution is -0.115. The molecule has 0 aromatic rings. The summed E-state index contributed by atoms with van der Waals surface area (Å²) in [5.74, 6) is 0. The van der Waals surface area contributed by atoms with Crippen molar-refractivity contribution in [2.75, 3.05) is 26.8 Å². The van der Waals surface area contributed by atoms with Crippen LogP contribution in [0.15, 0.2) is 0 Å². The fourth-order valence-electron chi connectivity index (χ4n) is 2.29. The number of nitrogens with zero attached hydrogens (tertiary/aromatic N) is 1. The Hall–Kier alpha value is -0.810. The maximum Gasteiger partial charge on any atom is 0.317 e. The van der Waals surface area contributed by atoms with Crippen LogP contribution in [0.25, 0.3) is 0 Å². The molecule has 112 valence electrons. The monoisotopic (exact) mass is 272 g/mol. The van der Waals surface area contributed by atoms with Crippen LogP contribution < -0.4 is 5.32 Å². The van der Waals surface area contributed by atoms with E-state index < -0.39 is 0 Å². The molecule has 0 heterocycles. The molecule has 0 aromatic heterocycles. The molecular weight excluding hydrogens is 244 g/mol. The minimum atomic E-state index is -0.126. The summed E-state index contributed by atoms with van der Waals surface area (Å²) in [5.41, 5.74) is -0.0243. The van der Waals surface area contributed by atoms with Gasteiger partial charge in [0.15, 0.2) is 0 Å². The first-order valence-corrected chi connectivity index (χ1v) is 7.17. The van der Waals surface area contributed by atoms with E-state index in [2.05, 4.69) is 26.1 Å². The topological polar surface area (TPSA) is 61.8 Å².